The third-order valence-electron chi connectivity index (χ3n) is 4.80. The van der Waals surface area contributed by atoms with Gasteiger partial charge < -0.3 is 20.1 Å². The van der Waals surface area contributed by atoms with Gasteiger partial charge in [0.15, 0.2) is 11.5 Å². The lowest BCUT2D eigenvalue weighted by Gasteiger charge is -2.22. The van der Waals surface area contributed by atoms with E-state index in [-0.39, 0.29) is 23.3 Å². The van der Waals surface area contributed by atoms with Crippen molar-refractivity contribution in [1.82, 2.24) is 10.3 Å². The van der Waals surface area contributed by atoms with Crippen LogP contribution in [0.15, 0.2) is 36.4 Å². The number of methoxy groups -OCH3 is 2. The fourth-order valence-electron chi connectivity index (χ4n) is 3.30. The summed E-state index contributed by atoms with van der Waals surface area (Å²) in [6.07, 6.45) is 5.46. The smallest absolute Gasteiger partial charge is 0.274 e. The van der Waals surface area contributed by atoms with Gasteiger partial charge in [0.25, 0.3) is 11.8 Å². The van der Waals surface area contributed by atoms with Gasteiger partial charge in [0.2, 0.25) is 0 Å². The van der Waals surface area contributed by atoms with Crippen LogP contribution in [0.4, 0.5) is 5.69 Å². The van der Waals surface area contributed by atoms with Crippen molar-refractivity contribution in [2.45, 2.75) is 38.1 Å². The number of hydrogen-bond acceptors (Lipinski definition) is 5. The van der Waals surface area contributed by atoms with Crippen molar-refractivity contribution in [1.29, 1.82) is 0 Å². The van der Waals surface area contributed by atoms with Crippen molar-refractivity contribution >= 4 is 17.5 Å². The Kier molecular flexibility index (Phi) is 6.47. The highest BCUT2D eigenvalue weighted by atomic mass is 16.5. The zero-order valence-corrected chi connectivity index (χ0v) is 16.2. The SMILES string of the molecule is COc1ccc(NC(=O)c2cccc(C(=O)NC3CCCCC3)n2)cc1OC. The van der Waals surface area contributed by atoms with Crippen LogP contribution in [-0.4, -0.2) is 37.1 Å². The maximum absolute atomic E-state index is 12.6. The highest BCUT2D eigenvalue weighted by Crippen LogP contribution is 2.29. The first kappa shape index (κ1) is 19.7. The minimum atomic E-state index is -0.403. The predicted octanol–water partition coefficient (Wildman–Crippen LogP) is 3.41. The van der Waals surface area contributed by atoms with E-state index in [2.05, 4.69) is 15.6 Å². The summed E-state index contributed by atoms with van der Waals surface area (Å²) in [6.45, 7) is 0. The highest BCUT2D eigenvalue weighted by Gasteiger charge is 2.18. The Morgan fingerprint density at radius 2 is 1.61 bits per heavy atom. The van der Waals surface area contributed by atoms with Gasteiger partial charge >= 0.3 is 0 Å². The van der Waals surface area contributed by atoms with Gasteiger partial charge in [-0.2, -0.15) is 0 Å². The molecule has 1 aliphatic rings. The first-order chi connectivity index (χ1) is 13.6. The normalized spacial score (nSPS) is 14.2. The Morgan fingerprint density at radius 1 is 0.929 bits per heavy atom. The number of amides is 2. The summed E-state index contributed by atoms with van der Waals surface area (Å²) in [4.78, 5) is 29.3. The Balaban J connectivity index is 1.69. The molecular weight excluding hydrogens is 358 g/mol. The molecule has 0 saturated heterocycles. The van der Waals surface area contributed by atoms with Crippen LogP contribution in [0, 0.1) is 0 Å². The van der Waals surface area contributed by atoms with Gasteiger partial charge in [0.1, 0.15) is 11.4 Å². The number of hydrogen-bond donors (Lipinski definition) is 2. The molecule has 148 valence electrons. The standard InChI is InChI=1S/C21H25N3O4/c1-27-18-12-11-15(13-19(18)28-2)23-21(26)17-10-6-9-16(24-17)20(25)22-14-7-4-3-5-8-14/h6,9-14H,3-5,7-8H2,1-2H3,(H,22,25)(H,23,26). The van der Waals surface area contributed by atoms with Crippen LogP contribution < -0.4 is 20.1 Å². The predicted molar refractivity (Wildman–Crippen MR) is 106 cm³/mol. The first-order valence-corrected chi connectivity index (χ1v) is 9.42. The lowest BCUT2D eigenvalue weighted by atomic mass is 9.95. The van der Waals surface area contributed by atoms with Gasteiger partial charge in [0, 0.05) is 17.8 Å². The third kappa shape index (κ3) is 4.79. The number of anilines is 1. The van der Waals surface area contributed by atoms with E-state index < -0.39 is 5.91 Å². The molecule has 0 radical (unpaired) electrons. The summed E-state index contributed by atoms with van der Waals surface area (Å²) < 4.78 is 10.4. The van der Waals surface area contributed by atoms with Gasteiger partial charge in [-0.15, -0.1) is 0 Å². The molecule has 2 N–H and O–H groups in total. The number of aromatic nitrogens is 1. The van der Waals surface area contributed by atoms with Crippen molar-refractivity contribution < 1.29 is 19.1 Å². The summed E-state index contributed by atoms with van der Waals surface area (Å²) >= 11 is 0. The van der Waals surface area contributed by atoms with E-state index in [0.29, 0.717) is 17.2 Å². The van der Waals surface area contributed by atoms with Crippen molar-refractivity contribution in [3.8, 4) is 11.5 Å². The van der Waals surface area contributed by atoms with Crippen molar-refractivity contribution in [2.75, 3.05) is 19.5 Å². The number of carbonyl (C=O) groups is 2. The van der Waals surface area contributed by atoms with Crippen LogP contribution in [0.2, 0.25) is 0 Å². The summed E-state index contributed by atoms with van der Waals surface area (Å²) in [5.41, 5.74) is 0.957. The quantitative estimate of drug-likeness (QED) is 0.798. The van der Waals surface area contributed by atoms with Gasteiger partial charge in [0.05, 0.1) is 14.2 Å². The van der Waals surface area contributed by atoms with Crippen molar-refractivity contribution in [2.24, 2.45) is 0 Å². The van der Waals surface area contributed by atoms with E-state index in [1.54, 1.807) is 43.5 Å². The second-order valence-corrected chi connectivity index (χ2v) is 6.74. The number of ether oxygens (including phenoxy) is 2. The molecule has 0 bridgehead atoms. The fourth-order valence-corrected chi connectivity index (χ4v) is 3.30. The highest BCUT2D eigenvalue weighted by molar-refractivity contribution is 6.04. The molecule has 28 heavy (non-hydrogen) atoms. The van der Waals surface area contributed by atoms with E-state index in [1.807, 2.05) is 0 Å². The third-order valence-corrected chi connectivity index (χ3v) is 4.80. The molecule has 1 aliphatic carbocycles. The van der Waals surface area contributed by atoms with Crippen LogP contribution in [0.25, 0.3) is 0 Å². The van der Waals surface area contributed by atoms with Crippen LogP contribution in [0.1, 0.15) is 53.1 Å². The average molecular weight is 383 g/mol. The monoisotopic (exact) mass is 383 g/mol. The van der Waals surface area contributed by atoms with Gasteiger partial charge in [-0.25, -0.2) is 4.98 Å². The molecule has 1 fully saturated rings. The fraction of sp³-hybridized carbons (Fsp3) is 0.381. The summed E-state index contributed by atoms with van der Waals surface area (Å²) in [7, 11) is 3.07. The van der Waals surface area contributed by atoms with E-state index in [4.69, 9.17) is 9.47 Å². The number of benzene rings is 1. The molecule has 2 aromatic rings. The van der Waals surface area contributed by atoms with Gasteiger partial charge in [-0.05, 0) is 37.1 Å². The maximum atomic E-state index is 12.6. The van der Waals surface area contributed by atoms with Gasteiger partial charge in [-0.3, -0.25) is 9.59 Å². The number of pyridine rings is 1. The lowest BCUT2D eigenvalue weighted by molar-refractivity contribution is 0.0922. The minimum Gasteiger partial charge on any atom is -0.493 e. The Morgan fingerprint density at radius 3 is 2.29 bits per heavy atom. The topological polar surface area (TPSA) is 89.5 Å². The van der Waals surface area contributed by atoms with Crippen molar-refractivity contribution in [3.63, 3.8) is 0 Å². The molecule has 7 nitrogen and oxygen atoms in total. The largest absolute Gasteiger partial charge is 0.493 e. The molecule has 1 aromatic heterocycles. The molecule has 0 unspecified atom stereocenters. The number of carbonyl (C=O) groups excluding carboxylic acids is 2. The van der Waals surface area contributed by atoms with E-state index in [9.17, 15) is 9.59 Å². The lowest BCUT2D eigenvalue weighted by Crippen LogP contribution is -2.36. The molecule has 1 saturated carbocycles. The Bertz CT molecular complexity index is 847. The number of rotatable bonds is 6. The maximum Gasteiger partial charge on any atom is 0.274 e. The Hall–Kier alpha value is -3.09. The zero-order chi connectivity index (χ0) is 19.9. The summed E-state index contributed by atoms with van der Waals surface area (Å²) in [5.74, 6) is 0.432. The number of nitrogens with zero attached hydrogens (tertiary/aromatic N) is 1. The molecule has 1 aromatic carbocycles. The molecular formula is C21H25N3O4. The molecule has 0 spiro atoms. The van der Waals surface area contributed by atoms with E-state index in [1.165, 1.54) is 13.5 Å². The Labute approximate surface area is 164 Å². The van der Waals surface area contributed by atoms with E-state index in [0.717, 1.165) is 25.7 Å². The average Bonchev–Trinajstić information content (AvgIpc) is 2.74. The molecule has 7 heteroatoms. The summed E-state index contributed by atoms with van der Waals surface area (Å²) in [5, 5.41) is 5.78. The molecule has 2 amide bonds. The van der Waals surface area contributed by atoms with Crippen LogP contribution in [0.5, 0.6) is 11.5 Å². The molecule has 0 atom stereocenters. The van der Waals surface area contributed by atoms with Gasteiger partial charge in [-0.1, -0.05) is 25.3 Å². The van der Waals surface area contributed by atoms with E-state index >= 15 is 0 Å². The molecule has 0 aliphatic heterocycles. The van der Waals surface area contributed by atoms with Crippen molar-refractivity contribution in [3.05, 3.63) is 47.8 Å². The zero-order valence-electron chi connectivity index (χ0n) is 16.2. The molecule has 1 heterocycles. The molecule has 3 rings (SSSR count). The van der Waals surface area contributed by atoms with Crippen LogP contribution in [0.3, 0.4) is 0 Å². The summed E-state index contributed by atoms with van der Waals surface area (Å²) in [6, 6.07) is 10.1. The second kappa shape index (κ2) is 9.21. The first-order valence-electron chi connectivity index (χ1n) is 9.42. The second-order valence-electron chi connectivity index (χ2n) is 6.74. The van der Waals surface area contributed by atoms with Crippen LogP contribution >= 0.6 is 0 Å². The van der Waals surface area contributed by atoms with Crippen LogP contribution in [-0.2, 0) is 0 Å². The number of nitrogens with one attached hydrogen (secondary N) is 2. The minimum absolute atomic E-state index is 0.172.